The fourth-order valence-electron chi connectivity index (χ4n) is 1.29. The summed E-state index contributed by atoms with van der Waals surface area (Å²) in [6.45, 7) is 0.645. The van der Waals surface area contributed by atoms with Crippen LogP contribution < -0.4 is 10.1 Å². The number of hydrogen-bond donors (Lipinski definition) is 2. The number of ether oxygens (including phenoxy) is 1. The van der Waals surface area contributed by atoms with Crippen LogP contribution in [0.4, 0.5) is 13.2 Å². The van der Waals surface area contributed by atoms with Crippen LogP contribution >= 0.6 is 15.9 Å². The van der Waals surface area contributed by atoms with Crippen LogP contribution in [0.3, 0.4) is 0 Å². The van der Waals surface area contributed by atoms with Crippen molar-refractivity contribution in [2.75, 3.05) is 6.54 Å². The fourth-order valence-corrected chi connectivity index (χ4v) is 1.80. The molecule has 0 aliphatic rings. The van der Waals surface area contributed by atoms with E-state index >= 15 is 0 Å². The topological polar surface area (TPSA) is 58.6 Å². The summed E-state index contributed by atoms with van der Waals surface area (Å²) in [6.07, 6.45) is -4.75. The molecule has 0 amide bonds. The highest BCUT2D eigenvalue weighted by Crippen LogP contribution is 2.30. The van der Waals surface area contributed by atoms with Gasteiger partial charge in [0.15, 0.2) is 0 Å². The highest BCUT2D eigenvalue weighted by Gasteiger charge is 2.31. The molecule has 0 heterocycles. The molecule has 0 spiro atoms. The predicted octanol–water partition coefficient (Wildman–Crippen LogP) is 2.91. The summed E-state index contributed by atoms with van der Waals surface area (Å²) in [4.78, 5) is 10.3. The monoisotopic (exact) mass is 341 g/mol. The minimum absolute atomic E-state index is 0.0174. The van der Waals surface area contributed by atoms with Gasteiger partial charge in [0.1, 0.15) is 5.75 Å². The number of halogens is 4. The van der Waals surface area contributed by atoms with Crippen LogP contribution in [0.25, 0.3) is 0 Å². The standard InChI is InChI=1S/C11H11BrF3NO3/c12-8-5-7(6-16-4-3-10(17)18)1-2-9(8)19-11(13,14)15/h1-2,5,16H,3-4,6H2,(H,17,18). The summed E-state index contributed by atoms with van der Waals surface area (Å²) in [6, 6.07) is 4.15. The number of carboxylic acids is 1. The first-order valence-corrected chi connectivity index (χ1v) is 6.04. The minimum Gasteiger partial charge on any atom is -0.481 e. The van der Waals surface area contributed by atoms with E-state index in [1.807, 2.05) is 0 Å². The van der Waals surface area contributed by atoms with Gasteiger partial charge in [-0.1, -0.05) is 6.07 Å². The van der Waals surface area contributed by atoms with E-state index < -0.39 is 12.3 Å². The van der Waals surface area contributed by atoms with Gasteiger partial charge in [0, 0.05) is 13.1 Å². The van der Waals surface area contributed by atoms with Crippen LogP contribution in [-0.2, 0) is 11.3 Å². The maximum absolute atomic E-state index is 12.0. The zero-order chi connectivity index (χ0) is 14.5. The molecule has 4 nitrogen and oxygen atoms in total. The SMILES string of the molecule is O=C(O)CCNCc1ccc(OC(F)(F)F)c(Br)c1. The van der Waals surface area contributed by atoms with Crippen molar-refractivity contribution >= 4 is 21.9 Å². The molecule has 0 saturated heterocycles. The smallest absolute Gasteiger partial charge is 0.481 e. The molecule has 0 aliphatic heterocycles. The van der Waals surface area contributed by atoms with Crippen molar-refractivity contribution in [3.8, 4) is 5.75 Å². The third kappa shape index (κ3) is 6.44. The molecule has 0 unspecified atom stereocenters. The number of carbonyl (C=O) groups is 1. The van der Waals surface area contributed by atoms with Gasteiger partial charge >= 0.3 is 12.3 Å². The number of aliphatic carboxylic acids is 1. The van der Waals surface area contributed by atoms with Crippen LogP contribution in [-0.4, -0.2) is 24.0 Å². The van der Waals surface area contributed by atoms with Gasteiger partial charge in [-0.2, -0.15) is 0 Å². The summed E-state index contributed by atoms with van der Waals surface area (Å²) < 4.78 is 40.1. The van der Waals surface area contributed by atoms with E-state index in [-0.39, 0.29) is 23.2 Å². The lowest BCUT2D eigenvalue weighted by Crippen LogP contribution is -2.18. The quantitative estimate of drug-likeness (QED) is 0.781. The summed E-state index contributed by atoms with van der Waals surface area (Å²) in [7, 11) is 0. The number of benzene rings is 1. The van der Waals surface area contributed by atoms with Gasteiger partial charge in [-0.15, -0.1) is 13.2 Å². The normalized spacial score (nSPS) is 11.4. The Bertz CT molecular complexity index is 451. The number of carboxylic acid groups (broad SMARTS) is 1. The zero-order valence-electron chi connectivity index (χ0n) is 9.63. The molecule has 0 saturated carbocycles. The van der Waals surface area contributed by atoms with Crippen molar-refractivity contribution in [3.63, 3.8) is 0 Å². The average Bonchev–Trinajstić information content (AvgIpc) is 2.26. The van der Waals surface area contributed by atoms with Crippen molar-refractivity contribution in [1.29, 1.82) is 0 Å². The molecule has 0 fully saturated rings. The molecule has 1 aromatic rings. The molecule has 0 atom stereocenters. The van der Waals surface area contributed by atoms with Crippen molar-refractivity contribution in [3.05, 3.63) is 28.2 Å². The van der Waals surface area contributed by atoms with Crippen molar-refractivity contribution in [2.45, 2.75) is 19.3 Å². The van der Waals surface area contributed by atoms with E-state index in [1.54, 1.807) is 0 Å². The van der Waals surface area contributed by atoms with Crippen molar-refractivity contribution in [1.82, 2.24) is 5.32 Å². The Balaban J connectivity index is 2.54. The summed E-state index contributed by atoms with van der Waals surface area (Å²) in [5, 5.41) is 11.3. The summed E-state index contributed by atoms with van der Waals surface area (Å²) in [5.41, 5.74) is 0.715. The van der Waals surface area contributed by atoms with Crippen LogP contribution in [0.15, 0.2) is 22.7 Å². The first kappa shape index (κ1) is 15.8. The lowest BCUT2D eigenvalue weighted by Gasteiger charge is -2.11. The van der Waals surface area contributed by atoms with Gasteiger partial charge < -0.3 is 15.2 Å². The van der Waals surface area contributed by atoms with Crippen molar-refractivity contribution < 1.29 is 27.8 Å². The molecule has 0 radical (unpaired) electrons. The van der Waals surface area contributed by atoms with Gasteiger partial charge in [-0.05, 0) is 33.6 Å². The first-order chi connectivity index (χ1) is 8.78. The maximum Gasteiger partial charge on any atom is 0.573 e. The molecule has 0 aliphatic carbocycles. The molecule has 19 heavy (non-hydrogen) atoms. The van der Waals surface area contributed by atoms with Crippen LogP contribution in [0.2, 0.25) is 0 Å². The lowest BCUT2D eigenvalue weighted by atomic mass is 10.2. The van der Waals surface area contributed by atoms with E-state index in [0.29, 0.717) is 12.1 Å². The second-order valence-electron chi connectivity index (χ2n) is 3.63. The fraction of sp³-hybridized carbons (Fsp3) is 0.364. The number of nitrogens with one attached hydrogen (secondary N) is 1. The third-order valence-electron chi connectivity index (χ3n) is 2.07. The lowest BCUT2D eigenvalue weighted by molar-refractivity contribution is -0.274. The van der Waals surface area contributed by atoms with Crippen LogP contribution in [0.1, 0.15) is 12.0 Å². The first-order valence-electron chi connectivity index (χ1n) is 5.24. The van der Waals surface area contributed by atoms with Gasteiger partial charge in [0.2, 0.25) is 0 Å². The van der Waals surface area contributed by atoms with E-state index in [9.17, 15) is 18.0 Å². The van der Waals surface area contributed by atoms with Gasteiger partial charge in [-0.25, -0.2) is 0 Å². The van der Waals surface area contributed by atoms with E-state index in [1.165, 1.54) is 18.2 Å². The summed E-state index contributed by atoms with van der Waals surface area (Å²) >= 11 is 2.99. The molecule has 8 heteroatoms. The van der Waals surface area contributed by atoms with Crippen LogP contribution in [0.5, 0.6) is 5.75 Å². The molecule has 1 rings (SSSR count). The highest BCUT2D eigenvalue weighted by molar-refractivity contribution is 9.10. The van der Waals surface area contributed by atoms with Gasteiger partial charge in [0.25, 0.3) is 0 Å². The Morgan fingerprint density at radius 1 is 1.42 bits per heavy atom. The van der Waals surface area contributed by atoms with E-state index in [2.05, 4.69) is 26.0 Å². The minimum atomic E-state index is -4.73. The van der Waals surface area contributed by atoms with Gasteiger partial charge in [-0.3, -0.25) is 4.79 Å². The molecule has 2 N–H and O–H groups in total. The largest absolute Gasteiger partial charge is 0.573 e. The Morgan fingerprint density at radius 3 is 2.63 bits per heavy atom. The van der Waals surface area contributed by atoms with Crippen LogP contribution in [0, 0.1) is 0 Å². The molecule has 106 valence electrons. The molecule has 1 aromatic carbocycles. The van der Waals surface area contributed by atoms with E-state index in [0.717, 1.165) is 0 Å². The summed E-state index contributed by atoms with van der Waals surface area (Å²) in [5.74, 6) is -1.23. The number of hydrogen-bond acceptors (Lipinski definition) is 3. The Morgan fingerprint density at radius 2 is 2.11 bits per heavy atom. The molecular weight excluding hydrogens is 331 g/mol. The van der Waals surface area contributed by atoms with Gasteiger partial charge in [0.05, 0.1) is 10.9 Å². The Labute approximate surface area is 115 Å². The molecule has 0 bridgehead atoms. The second-order valence-corrected chi connectivity index (χ2v) is 4.49. The third-order valence-corrected chi connectivity index (χ3v) is 2.69. The van der Waals surface area contributed by atoms with Crippen molar-refractivity contribution in [2.24, 2.45) is 0 Å². The highest BCUT2D eigenvalue weighted by atomic mass is 79.9. The zero-order valence-corrected chi connectivity index (χ0v) is 11.2. The Hall–Kier alpha value is -1.28. The Kier molecular flexibility index (Phi) is 5.61. The second kappa shape index (κ2) is 6.76. The molecule has 0 aromatic heterocycles. The average molecular weight is 342 g/mol. The number of rotatable bonds is 6. The maximum atomic E-state index is 12.0. The number of alkyl halides is 3. The molecular formula is C11H11BrF3NO3. The predicted molar refractivity (Wildman–Crippen MR) is 64.8 cm³/mol. The van der Waals surface area contributed by atoms with E-state index in [4.69, 9.17) is 5.11 Å².